The van der Waals surface area contributed by atoms with Crippen LogP contribution in [0.2, 0.25) is 0 Å². The molecule has 0 radical (unpaired) electrons. The van der Waals surface area contributed by atoms with Crippen LogP contribution in [-0.4, -0.2) is 55.1 Å². The van der Waals surface area contributed by atoms with Crippen molar-refractivity contribution in [2.75, 3.05) is 38.6 Å². The Balaban J connectivity index is 1.66. The molecule has 2 aromatic rings. The van der Waals surface area contributed by atoms with E-state index in [4.69, 9.17) is 4.74 Å². The first-order valence-corrected chi connectivity index (χ1v) is 9.83. The highest BCUT2D eigenvalue weighted by molar-refractivity contribution is 5.90. The molecular formula is C23H27N3O3. The van der Waals surface area contributed by atoms with Crippen LogP contribution in [0.25, 0.3) is 6.08 Å². The Morgan fingerprint density at radius 2 is 1.83 bits per heavy atom. The summed E-state index contributed by atoms with van der Waals surface area (Å²) in [6, 6.07) is 17.4. The summed E-state index contributed by atoms with van der Waals surface area (Å²) in [4.78, 5) is 28.5. The number of esters is 1. The number of likely N-dealkylation sites (N-methyl/N-ethyl adjacent to an activating group) is 1. The maximum Gasteiger partial charge on any atom is 0.330 e. The molecule has 1 N–H and O–H groups in total. The van der Waals surface area contributed by atoms with Gasteiger partial charge in [0.2, 0.25) is 0 Å². The molecule has 1 atom stereocenters. The van der Waals surface area contributed by atoms with E-state index in [1.807, 2.05) is 47.4 Å². The van der Waals surface area contributed by atoms with Crippen molar-refractivity contribution in [3.63, 3.8) is 0 Å². The number of nitrogens with zero attached hydrogens (tertiary/aromatic N) is 2. The lowest BCUT2D eigenvalue weighted by Crippen LogP contribution is -2.50. The van der Waals surface area contributed by atoms with Gasteiger partial charge >= 0.3 is 12.0 Å². The van der Waals surface area contributed by atoms with E-state index < -0.39 is 0 Å². The summed E-state index contributed by atoms with van der Waals surface area (Å²) < 4.78 is 4.87. The quantitative estimate of drug-likeness (QED) is 0.620. The number of benzene rings is 2. The molecule has 2 amide bonds. The number of rotatable bonds is 5. The fourth-order valence-electron chi connectivity index (χ4n) is 3.35. The van der Waals surface area contributed by atoms with Gasteiger partial charge in [-0.2, -0.15) is 0 Å². The number of urea groups is 1. The van der Waals surface area contributed by atoms with Crippen LogP contribution in [0.1, 0.15) is 24.1 Å². The monoisotopic (exact) mass is 393 g/mol. The van der Waals surface area contributed by atoms with E-state index in [2.05, 4.69) is 29.4 Å². The summed E-state index contributed by atoms with van der Waals surface area (Å²) in [6.45, 7) is 4.43. The Morgan fingerprint density at radius 1 is 1.10 bits per heavy atom. The Bertz CT molecular complexity index is 849. The zero-order valence-corrected chi connectivity index (χ0v) is 16.9. The van der Waals surface area contributed by atoms with Crippen molar-refractivity contribution in [2.45, 2.75) is 13.0 Å². The van der Waals surface area contributed by atoms with Crippen molar-refractivity contribution in [2.24, 2.45) is 0 Å². The van der Waals surface area contributed by atoms with Crippen LogP contribution in [0.3, 0.4) is 0 Å². The van der Waals surface area contributed by atoms with Gasteiger partial charge in [-0.3, -0.25) is 0 Å². The third-order valence-electron chi connectivity index (χ3n) is 4.89. The number of piperazine rings is 1. The predicted octanol–water partition coefficient (Wildman–Crippen LogP) is 3.78. The van der Waals surface area contributed by atoms with Crippen LogP contribution in [0.5, 0.6) is 0 Å². The summed E-state index contributed by atoms with van der Waals surface area (Å²) >= 11 is 0. The minimum absolute atomic E-state index is 0.0155. The van der Waals surface area contributed by atoms with Crippen LogP contribution in [0.4, 0.5) is 10.5 Å². The van der Waals surface area contributed by atoms with Crippen molar-refractivity contribution in [1.82, 2.24) is 9.80 Å². The molecule has 0 spiro atoms. The molecule has 3 rings (SSSR count). The lowest BCUT2D eigenvalue weighted by Gasteiger charge is -2.40. The number of ether oxygens (including phenoxy) is 1. The highest BCUT2D eigenvalue weighted by Crippen LogP contribution is 2.25. The smallest absolute Gasteiger partial charge is 0.330 e. The number of carbonyl (C=O) groups is 2. The molecule has 29 heavy (non-hydrogen) atoms. The molecule has 0 aliphatic carbocycles. The molecule has 6 nitrogen and oxygen atoms in total. The van der Waals surface area contributed by atoms with Gasteiger partial charge in [0.1, 0.15) is 0 Å². The van der Waals surface area contributed by atoms with Crippen molar-refractivity contribution in [3.8, 4) is 0 Å². The third kappa shape index (κ3) is 5.68. The lowest BCUT2D eigenvalue weighted by atomic mass is 10.0. The molecule has 2 aromatic carbocycles. The van der Waals surface area contributed by atoms with Gasteiger partial charge in [0, 0.05) is 31.4 Å². The average Bonchev–Trinajstić information content (AvgIpc) is 2.74. The van der Waals surface area contributed by atoms with Crippen LogP contribution in [0, 0.1) is 0 Å². The molecule has 0 saturated carbocycles. The summed E-state index contributed by atoms with van der Waals surface area (Å²) in [6.07, 6.45) is 3.08. The first-order chi connectivity index (χ1) is 14.1. The molecular weight excluding hydrogens is 366 g/mol. The summed E-state index contributed by atoms with van der Waals surface area (Å²) in [7, 11) is 2.08. The van der Waals surface area contributed by atoms with E-state index >= 15 is 0 Å². The van der Waals surface area contributed by atoms with Gasteiger partial charge in [-0.15, -0.1) is 0 Å². The Morgan fingerprint density at radius 3 is 2.52 bits per heavy atom. The fourth-order valence-corrected chi connectivity index (χ4v) is 3.35. The molecule has 1 fully saturated rings. The van der Waals surface area contributed by atoms with Gasteiger partial charge in [0.05, 0.1) is 12.6 Å². The van der Waals surface area contributed by atoms with Crippen LogP contribution >= 0.6 is 0 Å². The standard InChI is InChI=1S/C23H27N3O3/c1-3-29-22(27)14-11-18-9-12-20(13-10-18)24-23(28)26-16-15-25(2)17-21(26)19-7-5-4-6-8-19/h4-14,21H,3,15-17H2,1-2H3,(H,24,28). The van der Waals surface area contributed by atoms with Crippen LogP contribution in [-0.2, 0) is 9.53 Å². The van der Waals surface area contributed by atoms with E-state index in [-0.39, 0.29) is 18.0 Å². The highest BCUT2D eigenvalue weighted by atomic mass is 16.5. The summed E-state index contributed by atoms with van der Waals surface area (Å²) in [5.41, 5.74) is 2.71. The minimum atomic E-state index is -0.369. The number of amides is 2. The lowest BCUT2D eigenvalue weighted by molar-refractivity contribution is -0.137. The van der Waals surface area contributed by atoms with Gasteiger partial charge in [0.25, 0.3) is 0 Å². The highest BCUT2D eigenvalue weighted by Gasteiger charge is 2.30. The Labute approximate surface area is 171 Å². The van der Waals surface area contributed by atoms with Crippen molar-refractivity contribution in [1.29, 1.82) is 0 Å². The van der Waals surface area contributed by atoms with Gasteiger partial charge in [-0.25, -0.2) is 9.59 Å². The summed E-state index contributed by atoms with van der Waals surface area (Å²) in [5.74, 6) is -0.369. The topological polar surface area (TPSA) is 61.9 Å². The maximum absolute atomic E-state index is 13.0. The molecule has 1 aliphatic rings. The molecule has 1 heterocycles. The maximum atomic E-state index is 13.0. The minimum Gasteiger partial charge on any atom is -0.463 e. The SMILES string of the molecule is CCOC(=O)C=Cc1ccc(NC(=O)N2CCN(C)CC2c2ccccc2)cc1. The average molecular weight is 393 g/mol. The van der Waals surface area contributed by atoms with Gasteiger partial charge < -0.3 is 19.9 Å². The van der Waals surface area contributed by atoms with Crippen molar-refractivity contribution >= 4 is 23.8 Å². The zero-order chi connectivity index (χ0) is 20.6. The molecule has 152 valence electrons. The number of hydrogen-bond acceptors (Lipinski definition) is 4. The summed E-state index contributed by atoms with van der Waals surface area (Å²) in [5, 5.41) is 2.99. The van der Waals surface area contributed by atoms with E-state index in [1.54, 1.807) is 13.0 Å². The second-order valence-corrected chi connectivity index (χ2v) is 7.02. The van der Waals surface area contributed by atoms with E-state index in [9.17, 15) is 9.59 Å². The largest absolute Gasteiger partial charge is 0.463 e. The van der Waals surface area contributed by atoms with E-state index in [0.29, 0.717) is 18.8 Å². The van der Waals surface area contributed by atoms with Crippen molar-refractivity contribution < 1.29 is 14.3 Å². The predicted molar refractivity (Wildman–Crippen MR) is 115 cm³/mol. The number of hydrogen-bond donors (Lipinski definition) is 1. The molecule has 0 aromatic heterocycles. The first kappa shape index (κ1) is 20.6. The zero-order valence-electron chi connectivity index (χ0n) is 16.9. The molecule has 0 bridgehead atoms. The van der Waals surface area contributed by atoms with E-state index in [1.165, 1.54) is 6.08 Å². The van der Waals surface area contributed by atoms with Crippen LogP contribution in [0.15, 0.2) is 60.7 Å². The molecule has 1 saturated heterocycles. The van der Waals surface area contributed by atoms with Gasteiger partial charge in [-0.05, 0) is 43.3 Å². The second kappa shape index (κ2) is 9.89. The Hall–Kier alpha value is -3.12. The van der Waals surface area contributed by atoms with Crippen LogP contribution < -0.4 is 5.32 Å². The third-order valence-corrected chi connectivity index (χ3v) is 4.89. The Kier molecular flexibility index (Phi) is 7.03. The van der Waals surface area contributed by atoms with Crippen molar-refractivity contribution in [3.05, 3.63) is 71.8 Å². The number of carbonyl (C=O) groups excluding carboxylic acids is 2. The first-order valence-electron chi connectivity index (χ1n) is 9.83. The second-order valence-electron chi connectivity index (χ2n) is 7.02. The molecule has 1 unspecified atom stereocenters. The normalized spacial score (nSPS) is 17.3. The van der Waals surface area contributed by atoms with Gasteiger partial charge in [0.15, 0.2) is 0 Å². The van der Waals surface area contributed by atoms with E-state index in [0.717, 1.165) is 24.2 Å². The number of nitrogens with one attached hydrogen (secondary N) is 1. The fraction of sp³-hybridized carbons (Fsp3) is 0.304. The van der Waals surface area contributed by atoms with Gasteiger partial charge in [-0.1, -0.05) is 42.5 Å². The number of anilines is 1. The molecule has 1 aliphatic heterocycles. The molecule has 6 heteroatoms.